The maximum Gasteiger partial charge on any atom is 0.326 e. The van der Waals surface area contributed by atoms with Crippen LogP contribution in [0.1, 0.15) is 25.2 Å². The molecule has 1 rings (SSSR count). The van der Waals surface area contributed by atoms with Crippen molar-refractivity contribution in [1.29, 1.82) is 0 Å². The van der Waals surface area contributed by atoms with Crippen LogP contribution in [0.5, 0.6) is 0 Å². The van der Waals surface area contributed by atoms with E-state index in [0.29, 0.717) is 5.82 Å². The molecule has 3 N–H and O–H groups in total. The van der Waals surface area contributed by atoms with Crippen LogP contribution >= 0.6 is 0 Å². The number of carbonyl (C=O) groups excluding carboxylic acids is 2. The number of hydrogen-bond donors (Lipinski definition) is 3. The number of carboxylic acid groups (broad SMARTS) is 1. The van der Waals surface area contributed by atoms with E-state index in [-0.39, 0.29) is 0 Å². The Kier molecular flexibility index (Phi) is 5.64. The highest BCUT2D eigenvalue weighted by atomic mass is 16.5. The number of carbonyl (C=O) groups is 3. The van der Waals surface area contributed by atoms with Gasteiger partial charge in [0, 0.05) is 7.05 Å². The second-order valence-electron chi connectivity index (χ2n) is 4.31. The predicted octanol–water partition coefficient (Wildman–Crippen LogP) is -0.808. The van der Waals surface area contributed by atoms with Crippen molar-refractivity contribution in [3.63, 3.8) is 0 Å². The average molecular weight is 299 g/mol. The maximum atomic E-state index is 11.7. The van der Waals surface area contributed by atoms with Gasteiger partial charge >= 0.3 is 18.0 Å². The molecule has 0 aliphatic heterocycles. The van der Waals surface area contributed by atoms with Crippen LogP contribution in [0, 0.1) is 0 Å². The van der Waals surface area contributed by atoms with Crippen LogP contribution in [0.15, 0.2) is 6.33 Å². The van der Waals surface area contributed by atoms with Crippen molar-refractivity contribution in [2.45, 2.75) is 25.4 Å². The summed E-state index contributed by atoms with van der Waals surface area (Å²) in [5.74, 6) is -1.56. The summed E-state index contributed by atoms with van der Waals surface area (Å²) in [7, 11) is 2.85. The van der Waals surface area contributed by atoms with Crippen LogP contribution in [0.25, 0.3) is 0 Å². The lowest BCUT2D eigenvalue weighted by atomic mass is 10.2. The zero-order chi connectivity index (χ0) is 16.0. The molecule has 0 radical (unpaired) electrons. The first-order chi connectivity index (χ1) is 9.85. The highest BCUT2D eigenvalue weighted by Crippen LogP contribution is 2.06. The number of aliphatic carboxylic acids is 1. The molecule has 0 aliphatic carbocycles. The van der Waals surface area contributed by atoms with Gasteiger partial charge in [0.2, 0.25) is 0 Å². The van der Waals surface area contributed by atoms with Crippen LogP contribution in [0.3, 0.4) is 0 Å². The molecule has 0 saturated carbocycles. The number of methoxy groups -OCH3 is 1. The van der Waals surface area contributed by atoms with Gasteiger partial charge in [-0.3, -0.25) is 4.79 Å². The Morgan fingerprint density at radius 2 is 2.10 bits per heavy atom. The summed E-state index contributed by atoms with van der Waals surface area (Å²) in [5, 5.41) is 21.1. The fraction of sp³-hybridized carbons (Fsp3) is 0.545. The van der Waals surface area contributed by atoms with Crippen molar-refractivity contribution in [3.8, 4) is 0 Å². The number of rotatable bonds is 6. The molecule has 1 aromatic rings. The minimum absolute atomic E-state index is 0.461. The van der Waals surface area contributed by atoms with E-state index in [2.05, 4.69) is 25.6 Å². The number of nitrogens with zero attached hydrogens (tertiary/aromatic N) is 3. The zero-order valence-corrected chi connectivity index (χ0v) is 11.9. The minimum atomic E-state index is -1.37. The molecule has 2 atom stereocenters. The number of aromatic nitrogens is 3. The zero-order valence-electron chi connectivity index (χ0n) is 11.9. The summed E-state index contributed by atoms with van der Waals surface area (Å²) >= 11 is 0. The number of nitrogens with one attached hydrogen (secondary N) is 2. The maximum absolute atomic E-state index is 11.7. The number of urea groups is 1. The second-order valence-corrected chi connectivity index (χ2v) is 4.31. The summed E-state index contributed by atoms with van der Waals surface area (Å²) < 4.78 is 5.99. The van der Waals surface area contributed by atoms with Gasteiger partial charge in [-0.15, -0.1) is 10.2 Å². The standard InChI is InChI=1S/C11H17N5O5/c1-6(9-15-12-5-16(9)2)13-11(20)14-7(10(18)19)4-8(17)21-3/h5-7H,4H2,1-3H3,(H,18,19)(H2,13,14,20)/t6?,7-/m0/s1. The molecule has 116 valence electrons. The Bertz CT molecular complexity index is 529. The van der Waals surface area contributed by atoms with Gasteiger partial charge in [-0.2, -0.15) is 0 Å². The van der Waals surface area contributed by atoms with E-state index >= 15 is 0 Å². The van der Waals surface area contributed by atoms with Gasteiger partial charge in [0.15, 0.2) is 5.82 Å². The van der Waals surface area contributed by atoms with E-state index in [9.17, 15) is 14.4 Å². The monoisotopic (exact) mass is 299 g/mol. The number of carboxylic acids is 1. The van der Waals surface area contributed by atoms with Gasteiger partial charge in [0.1, 0.15) is 12.4 Å². The third-order valence-electron chi connectivity index (χ3n) is 2.68. The molecule has 1 unspecified atom stereocenters. The molecule has 10 nitrogen and oxygen atoms in total. The van der Waals surface area contributed by atoms with Crippen molar-refractivity contribution in [3.05, 3.63) is 12.2 Å². The molecule has 1 aromatic heterocycles. The number of esters is 1. The Balaban J connectivity index is 2.60. The SMILES string of the molecule is COC(=O)C[C@H](NC(=O)NC(C)c1nncn1C)C(=O)O. The lowest BCUT2D eigenvalue weighted by Gasteiger charge is -2.17. The third-order valence-corrected chi connectivity index (χ3v) is 2.68. The molecular weight excluding hydrogens is 282 g/mol. The lowest BCUT2D eigenvalue weighted by Crippen LogP contribution is -2.47. The number of ether oxygens (including phenoxy) is 1. The smallest absolute Gasteiger partial charge is 0.326 e. The van der Waals surface area contributed by atoms with Crippen molar-refractivity contribution in [2.24, 2.45) is 7.05 Å². The molecule has 21 heavy (non-hydrogen) atoms. The van der Waals surface area contributed by atoms with Crippen LogP contribution in [0.4, 0.5) is 4.79 Å². The summed E-state index contributed by atoms with van der Waals surface area (Å²) in [5.41, 5.74) is 0. The van der Waals surface area contributed by atoms with Gasteiger partial charge in [-0.25, -0.2) is 9.59 Å². The van der Waals surface area contributed by atoms with Gasteiger partial charge in [-0.1, -0.05) is 0 Å². The Morgan fingerprint density at radius 1 is 1.43 bits per heavy atom. The summed E-state index contributed by atoms with van der Waals surface area (Å²) in [6.45, 7) is 1.67. The molecule has 0 saturated heterocycles. The van der Waals surface area contributed by atoms with E-state index in [1.165, 1.54) is 6.33 Å². The average Bonchev–Trinajstić information content (AvgIpc) is 2.83. The number of hydrogen-bond acceptors (Lipinski definition) is 6. The van der Waals surface area contributed by atoms with Crippen LogP contribution < -0.4 is 10.6 Å². The largest absolute Gasteiger partial charge is 0.480 e. The van der Waals surface area contributed by atoms with E-state index in [1.54, 1.807) is 18.5 Å². The topological polar surface area (TPSA) is 135 Å². The molecule has 0 spiro atoms. The lowest BCUT2D eigenvalue weighted by molar-refractivity contribution is -0.147. The van der Waals surface area contributed by atoms with Gasteiger partial charge in [-0.05, 0) is 6.92 Å². The number of amides is 2. The van der Waals surface area contributed by atoms with E-state index in [0.717, 1.165) is 7.11 Å². The Hall–Kier alpha value is -2.65. The van der Waals surface area contributed by atoms with Gasteiger partial charge < -0.3 is 25.0 Å². The first kappa shape index (κ1) is 16.4. The van der Waals surface area contributed by atoms with Crippen molar-refractivity contribution < 1.29 is 24.2 Å². The summed E-state index contributed by atoms with van der Waals surface area (Å²) in [6.07, 6.45) is 1.01. The summed E-state index contributed by atoms with van der Waals surface area (Å²) in [4.78, 5) is 33.8. The molecule has 0 aliphatic rings. The normalized spacial score (nSPS) is 13.1. The van der Waals surface area contributed by atoms with Gasteiger partial charge in [0.25, 0.3) is 0 Å². The van der Waals surface area contributed by atoms with E-state index < -0.39 is 36.5 Å². The fourth-order valence-corrected chi connectivity index (χ4v) is 1.60. The Labute approximate surface area is 120 Å². The minimum Gasteiger partial charge on any atom is -0.480 e. The van der Waals surface area contributed by atoms with E-state index in [1.807, 2.05) is 0 Å². The second kappa shape index (κ2) is 7.22. The fourth-order valence-electron chi connectivity index (χ4n) is 1.60. The van der Waals surface area contributed by atoms with Crippen molar-refractivity contribution in [2.75, 3.05) is 7.11 Å². The quantitative estimate of drug-likeness (QED) is 0.584. The molecular formula is C11H17N5O5. The molecule has 1 heterocycles. The van der Waals surface area contributed by atoms with Crippen LogP contribution in [0.2, 0.25) is 0 Å². The van der Waals surface area contributed by atoms with E-state index in [4.69, 9.17) is 5.11 Å². The predicted molar refractivity (Wildman–Crippen MR) is 69.1 cm³/mol. The highest BCUT2D eigenvalue weighted by Gasteiger charge is 2.24. The number of aryl methyl sites for hydroxylation is 1. The third kappa shape index (κ3) is 4.75. The van der Waals surface area contributed by atoms with Gasteiger partial charge in [0.05, 0.1) is 19.6 Å². The molecule has 0 bridgehead atoms. The van der Waals surface area contributed by atoms with Crippen molar-refractivity contribution >= 4 is 18.0 Å². The molecule has 0 aromatic carbocycles. The molecule has 2 amide bonds. The van der Waals surface area contributed by atoms with Crippen molar-refractivity contribution in [1.82, 2.24) is 25.4 Å². The summed E-state index contributed by atoms with van der Waals surface area (Å²) in [6, 6.07) is -2.59. The van der Waals surface area contributed by atoms with Crippen LogP contribution in [-0.4, -0.2) is 51.0 Å². The first-order valence-corrected chi connectivity index (χ1v) is 6.05. The van der Waals surface area contributed by atoms with Crippen LogP contribution in [-0.2, 0) is 21.4 Å². The first-order valence-electron chi connectivity index (χ1n) is 6.05. The highest BCUT2D eigenvalue weighted by molar-refractivity contribution is 5.86. The molecule has 10 heteroatoms. The Morgan fingerprint density at radius 3 is 2.57 bits per heavy atom. The molecule has 0 fully saturated rings.